The van der Waals surface area contributed by atoms with Crippen LogP contribution in [0, 0.1) is 19.7 Å². The van der Waals surface area contributed by atoms with Crippen LogP contribution >= 0.6 is 0 Å². The molecule has 0 saturated carbocycles. The molecular weight excluding hydrogens is 331 g/mol. The molecule has 0 bridgehead atoms. The van der Waals surface area contributed by atoms with Crippen molar-refractivity contribution in [3.8, 4) is 0 Å². The van der Waals surface area contributed by atoms with Crippen molar-refractivity contribution in [2.24, 2.45) is 0 Å². The van der Waals surface area contributed by atoms with Crippen molar-refractivity contribution in [3.05, 3.63) is 59.4 Å². The highest BCUT2D eigenvalue weighted by atomic mass is 32.2. The smallest absolute Gasteiger partial charge is 0.242 e. The minimum Gasteiger partial charge on any atom is -0.324 e. The quantitative estimate of drug-likeness (QED) is 0.871. The molecule has 0 aliphatic carbocycles. The standard InChI is InChI=1S/C17H19FN2O3S/c1-11-5-4-6-16(12(11)2)19-17(21)13(3)20-24(22,23)15-9-7-14(18)8-10-15/h4-10,13,20H,1-3H3,(H,19,21). The van der Waals surface area contributed by atoms with Crippen LogP contribution in [0.15, 0.2) is 47.4 Å². The fourth-order valence-corrected chi connectivity index (χ4v) is 3.30. The summed E-state index contributed by atoms with van der Waals surface area (Å²) in [6.07, 6.45) is 0. The van der Waals surface area contributed by atoms with Gasteiger partial charge in [0.2, 0.25) is 15.9 Å². The lowest BCUT2D eigenvalue weighted by atomic mass is 10.1. The van der Waals surface area contributed by atoms with E-state index in [1.165, 1.54) is 6.92 Å². The number of rotatable bonds is 5. The predicted molar refractivity (Wildman–Crippen MR) is 90.7 cm³/mol. The fourth-order valence-electron chi connectivity index (χ4n) is 2.10. The second-order valence-electron chi connectivity index (χ2n) is 5.53. The fraction of sp³-hybridized carbons (Fsp3) is 0.235. The summed E-state index contributed by atoms with van der Waals surface area (Å²) in [5, 5.41) is 2.71. The van der Waals surface area contributed by atoms with Gasteiger partial charge in [-0.3, -0.25) is 4.79 Å². The van der Waals surface area contributed by atoms with Crippen molar-refractivity contribution in [2.75, 3.05) is 5.32 Å². The van der Waals surface area contributed by atoms with E-state index in [2.05, 4.69) is 10.0 Å². The number of hydrogen-bond acceptors (Lipinski definition) is 3. The number of benzene rings is 2. The minimum absolute atomic E-state index is 0.102. The Morgan fingerprint density at radius 2 is 1.71 bits per heavy atom. The lowest BCUT2D eigenvalue weighted by Crippen LogP contribution is -2.41. The minimum atomic E-state index is -3.91. The van der Waals surface area contributed by atoms with Gasteiger partial charge in [0.25, 0.3) is 0 Å². The van der Waals surface area contributed by atoms with Gasteiger partial charge in [-0.05, 0) is 62.2 Å². The first-order valence-electron chi connectivity index (χ1n) is 7.35. The highest BCUT2D eigenvalue weighted by Gasteiger charge is 2.22. The van der Waals surface area contributed by atoms with Gasteiger partial charge in [-0.1, -0.05) is 12.1 Å². The zero-order chi connectivity index (χ0) is 17.9. The molecule has 0 aliphatic heterocycles. The number of hydrogen-bond donors (Lipinski definition) is 2. The normalized spacial score (nSPS) is 12.7. The van der Waals surface area contributed by atoms with Gasteiger partial charge in [-0.25, -0.2) is 12.8 Å². The number of halogens is 1. The van der Waals surface area contributed by atoms with E-state index in [-0.39, 0.29) is 4.90 Å². The third-order valence-corrected chi connectivity index (χ3v) is 5.27. The van der Waals surface area contributed by atoms with E-state index in [1.807, 2.05) is 26.0 Å². The van der Waals surface area contributed by atoms with Crippen molar-refractivity contribution in [1.82, 2.24) is 4.72 Å². The van der Waals surface area contributed by atoms with Crippen LogP contribution in [-0.2, 0) is 14.8 Å². The molecule has 0 heterocycles. The summed E-state index contributed by atoms with van der Waals surface area (Å²) in [5.41, 5.74) is 2.57. The molecule has 0 spiro atoms. The number of amides is 1. The lowest BCUT2D eigenvalue weighted by molar-refractivity contribution is -0.117. The Morgan fingerprint density at radius 3 is 2.33 bits per heavy atom. The van der Waals surface area contributed by atoms with Crippen LogP contribution in [0.3, 0.4) is 0 Å². The molecule has 24 heavy (non-hydrogen) atoms. The number of nitrogens with one attached hydrogen (secondary N) is 2. The first-order chi connectivity index (χ1) is 11.2. The number of anilines is 1. The summed E-state index contributed by atoms with van der Waals surface area (Å²) in [6, 6.07) is 8.89. The van der Waals surface area contributed by atoms with Crippen LogP contribution in [0.5, 0.6) is 0 Å². The molecule has 2 rings (SSSR count). The van der Waals surface area contributed by atoms with E-state index in [0.717, 1.165) is 35.4 Å². The average molecular weight is 350 g/mol. The van der Waals surface area contributed by atoms with Gasteiger partial charge in [0, 0.05) is 5.69 Å². The molecule has 2 N–H and O–H groups in total. The van der Waals surface area contributed by atoms with Crippen molar-refractivity contribution < 1.29 is 17.6 Å². The van der Waals surface area contributed by atoms with Crippen molar-refractivity contribution in [1.29, 1.82) is 0 Å². The van der Waals surface area contributed by atoms with Crippen LogP contribution < -0.4 is 10.0 Å². The molecule has 0 aromatic heterocycles. The molecule has 2 aromatic rings. The Morgan fingerprint density at radius 1 is 1.08 bits per heavy atom. The van der Waals surface area contributed by atoms with Gasteiger partial charge in [-0.15, -0.1) is 0 Å². The molecule has 1 unspecified atom stereocenters. The van der Waals surface area contributed by atoms with E-state index in [1.54, 1.807) is 6.07 Å². The Hall–Kier alpha value is -2.25. The van der Waals surface area contributed by atoms with Crippen molar-refractivity contribution in [2.45, 2.75) is 31.7 Å². The van der Waals surface area contributed by atoms with Crippen LogP contribution in [-0.4, -0.2) is 20.4 Å². The molecule has 7 heteroatoms. The summed E-state index contributed by atoms with van der Waals surface area (Å²) in [7, 11) is -3.91. The Kier molecular flexibility index (Phi) is 5.36. The Labute approximate surface area is 141 Å². The summed E-state index contributed by atoms with van der Waals surface area (Å²) in [5.74, 6) is -1.01. The monoisotopic (exact) mass is 350 g/mol. The summed E-state index contributed by atoms with van der Waals surface area (Å²) in [6.45, 7) is 5.24. The van der Waals surface area contributed by atoms with Crippen molar-refractivity contribution in [3.63, 3.8) is 0 Å². The van der Waals surface area contributed by atoms with E-state index in [9.17, 15) is 17.6 Å². The van der Waals surface area contributed by atoms with Gasteiger partial charge in [0.15, 0.2) is 0 Å². The maximum Gasteiger partial charge on any atom is 0.242 e. The molecule has 5 nitrogen and oxygen atoms in total. The van der Waals surface area contributed by atoms with E-state index < -0.39 is 27.8 Å². The van der Waals surface area contributed by atoms with Crippen LogP contribution in [0.1, 0.15) is 18.1 Å². The van der Waals surface area contributed by atoms with Crippen molar-refractivity contribution >= 4 is 21.6 Å². The second kappa shape index (κ2) is 7.11. The number of carbonyl (C=O) groups excluding carboxylic acids is 1. The zero-order valence-corrected chi connectivity index (χ0v) is 14.4. The van der Waals surface area contributed by atoms with E-state index in [4.69, 9.17) is 0 Å². The largest absolute Gasteiger partial charge is 0.324 e. The maximum atomic E-state index is 12.9. The zero-order valence-electron chi connectivity index (χ0n) is 13.6. The molecule has 1 atom stereocenters. The number of sulfonamides is 1. The van der Waals surface area contributed by atoms with Gasteiger partial charge >= 0.3 is 0 Å². The molecular formula is C17H19FN2O3S. The summed E-state index contributed by atoms with van der Waals surface area (Å²) >= 11 is 0. The van der Waals surface area contributed by atoms with E-state index in [0.29, 0.717) is 5.69 Å². The molecule has 0 aliphatic rings. The van der Waals surface area contributed by atoms with Gasteiger partial charge in [-0.2, -0.15) is 4.72 Å². The number of aryl methyl sites for hydroxylation is 1. The SMILES string of the molecule is Cc1cccc(NC(=O)C(C)NS(=O)(=O)c2ccc(F)cc2)c1C. The van der Waals surface area contributed by atoms with Gasteiger partial charge in [0.1, 0.15) is 5.82 Å². The lowest BCUT2D eigenvalue weighted by Gasteiger charge is -2.16. The van der Waals surface area contributed by atoms with Gasteiger partial charge in [0.05, 0.1) is 10.9 Å². The maximum absolute atomic E-state index is 12.9. The Balaban J connectivity index is 2.11. The van der Waals surface area contributed by atoms with E-state index >= 15 is 0 Å². The topological polar surface area (TPSA) is 75.3 Å². The third-order valence-electron chi connectivity index (χ3n) is 3.71. The highest BCUT2D eigenvalue weighted by Crippen LogP contribution is 2.18. The molecule has 0 fully saturated rings. The summed E-state index contributed by atoms with van der Waals surface area (Å²) in [4.78, 5) is 12.1. The molecule has 0 radical (unpaired) electrons. The average Bonchev–Trinajstić information content (AvgIpc) is 2.51. The molecule has 0 saturated heterocycles. The van der Waals surface area contributed by atoms with Gasteiger partial charge < -0.3 is 5.32 Å². The summed E-state index contributed by atoms with van der Waals surface area (Å²) < 4.78 is 39.6. The van der Waals surface area contributed by atoms with Crippen LogP contribution in [0.4, 0.5) is 10.1 Å². The van der Waals surface area contributed by atoms with Crippen LogP contribution in [0.25, 0.3) is 0 Å². The second-order valence-corrected chi connectivity index (χ2v) is 7.25. The van der Waals surface area contributed by atoms with Crippen LogP contribution in [0.2, 0.25) is 0 Å². The molecule has 2 aromatic carbocycles. The number of carbonyl (C=O) groups is 1. The molecule has 1 amide bonds. The highest BCUT2D eigenvalue weighted by molar-refractivity contribution is 7.89. The third kappa shape index (κ3) is 4.18. The predicted octanol–water partition coefficient (Wildman–Crippen LogP) is 2.75. The Bertz CT molecular complexity index is 849. The molecule has 128 valence electrons. The first-order valence-corrected chi connectivity index (χ1v) is 8.84. The first kappa shape index (κ1) is 18.1.